The van der Waals surface area contributed by atoms with Gasteiger partial charge in [0.15, 0.2) is 4.80 Å². The molecule has 4 aromatic rings. The van der Waals surface area contributed by atoms with Gasteiger partial charge in [-0.05, 0) is 53.8 Å². The van der Waals surface area contributed by atoms with Gasteiger partial charge in [-0.3, -0.25) is 9.36 Å². The number of thiazole rings is 1. The SMILES string of the molecule is COc1cccc([C@H]2C3=C(N=c4s/c(=C\c5ccccc5OC)c(=O)n42)c2ccccc2CC3)c1. The van der Waals surface area contributed by atoms with Crippen molar-refractivity contribution in [2.75, 3.05) is 14.2 Å². The third-order valence-electron chi connectivity index (χ3n) is 6.71. The van der Waals surface area contributed by atoms with Crippen LogP contribution in [0.1, 0.15) is 34.7 Å². The normalized spacial score (nSPS) is 16.7. The highest BCUT2D eigenvalue weighted by Crippen LogP contribution is 2.41. The number of allylic oxidation sites excluding steroid dienone is 1. The van der Waals surface area contributed by atoms with E-state index in [0.29, 0.717) is 9.33 Å². The van der Waals surface area contributed by atoms with Crippen LogP contribution in [0.25, 0.3) is 11.8 Å². The summed E-state index contributed by atoms with van der Waals surface area (Å²) in [5.74, 6) is 1.50. The summed E-state index contributed by atoms with van der Waals surface area (Å²) in [6.07, 6.45) is 3.69. The highest BCUT2D eigenvalue weighted by Gasteiger charge is 2.32. The quantitative estimate of drug-likeness (QED) is 0.437. The first-order valence-electron chi connectivity index (χ1n) is 11.6. The standard InChI is InChI=1S/C29H24N2O3S/c1-33-21-11-7-10-20(16-21)27-23-15-14-18-8-3-5-12-22(18)26(23)30-29-31(27)28(32)25(35-29)17-19-9-4-6-13-24(19)34-2/h3-13,16-17,27H,14-15H2,1-2H3/b25-17-/t27-/m0/s1. The lowest BCUT2D eigenvalue weighted by Gasteiger charge is -2.31. The second-order valence-electron chi connectivity index (χ2n) is 8.63. The van der Waals surface area contributed by atoms with Crippen molar-refractivity contribution in [1.82, 2.24) is 4.57 Å². The Morgan fingerprint density at radius 3 is 2.66 bits per heavy atom. The number of para-hydroxylation sites is 1. The molecule has 174 valence electrons. The topological polar surface area (TPSA) is 52.8 Å². The monoisotopic (exact) mass is 480 g/mol. The molecule has 0 N–H and O–H groups in total. The van der Waals surface area contributed by atoms with Gasteiger partial charge in [0.2, 0.25) is 0 Å². The van der Waals surface area contributed by atoms with Crippen molar-refractivity contribution >= 4 is 23.1 Å². The zero-order valence-electron chi connectivity index (χ0n) is 19.5. The van der Waals surface area contributed by atoms with E-state index in [0.717, 1.165) is 46.7 Å². The fourth-order valence-corrected chi connectivity index (χ4v) is 6.05. The minimum absolute atomic E-state index is 0.0436. The third kappa shape index (κ3) is 3.61. The van der Waals surface area contributed by atoms with E-state index in [1.54, 1.807) is 14.2 Å². The molecule has 2 heterocycles. The first-order chi connectivity index (χ1) is 17.2. The molecule has 5 nitrogen and oxygen atoms in total. The average Bonchev–Trinajstić information content (AvgIpc) is 3.22. The predicted octanol–water partition coefficient (Wildman–Crippen LogP) is 4.34. The lowest BCUT2D eigenvalue weighted by Crippen LogP contribution is -2.38. The van der Waals surface area contributed by atoms with E-state index in [2.05, 4.69) is 30.3 Å². The first kappa shape index (κ1) is 21.6. The van der Waals surface area contributed by atoms with Crippen LogP contribution in [0.2, 0.25) is 0 Å². The molecular formula is C29H24N2O3S. The van der Waals surface area contributed by atoms with Crippen LogP contribution in [0.3, 0.4) is 0 Å². The number of nitrogens with zero attached hydrogens (tertiary/aromatic N) is 2. The van der Waals surface area contributed by atoms with E-state index in [1.165, 1.54) is 22.5 Å². The van der Waals surface area contributed by atoms with Crippen LogP contribution in [0.5, 0.6) is 11.5 Å². The molecule has 0 saturated heterocycles. The van der Waals surface area contributed by atoms with Crippen LogP contribution in [0.15, 0.2) is 88.2 Å². The number of hydrogen-bond acceptors (Lipinski definition) is 5. The summed E-state index contributed by atoms with van der Waals surface area (Å²) in [5, 5.41) is 0. The van der Waals surface area contributed by atoms with E-state index in [-0.39, 0.29) is 11.6 Å². The third-order valence-corrected chi connectivity index (χ3v) is 7.69. The number of fused-ring (bicyclic) bond motifs is 3. The molecule has 1 aliphatic carbocycles. The predicted molar refractivity (Wildman–Crippen MR) is 139 cm³/mol. The van der Waals surface area contributed by atoms with Gasteiger partial charge >= 0.3 is 0 Å². The number of hydrogen-bond donors (Lipinski definition) is 0. The molecular weight excluding hydrogens is 456 g/mol. The van der Waals surface area contributed by atoms with Crippen molar-refractivity contribution in [3.8, 4) is 11.5 Å². The summed E-state index contributed by atoms with van der Waals surface area (Å²) in [5.41, 5.74) is 6.47. The maximum Gasteiger partial charge on any atom is 0.271 e. The van der Waals surface area contributed by atoms with Gasteiger partial charge in [0, 0.05) is 11.1 Å². The molecule has 35 heavy (non-hydrogen) atoms. The average molecular weight is 481 g/mol. The Labute approximate surface area is 206 Å². The zero-order valence-corrected chi connectivity index (χ0v) is 20.3. The number of methoxy groups -OCH3 is 2. The molecule has 1 aliphatic heterocycles. The molecule has 1 atom stereocenters. The molecule has 0 spiro atoms. The second kappa shape index (κ2) is 8.71. The Bertz CT molecular complexity index is 1660. The molecule has 6 rings (SSSR count). The van der Waals surface area contributed by atoms with Crippen molar-refractivity contribution in [2.24, 2.45) is 4.99 Å². The zero-order chi connectivity index (χ0) is 23.9. The number of benzene rings is 3. The van der Waals surface area contributed by atoms with Gasteiger partial charge < -0.3 is 9.47 Å². The smallest absolute Gasteiger partial charge is 0.271 e. The molecule has 2 aliphatic rings. The van der Waals surface area contributed by atoms with Crippen molar-refractivity contribution < 1.29 is 9.47 Å². The Morgan fingerprint density at radius 1 is 0.971 bits per heavy atom. The number of ether oxygens (including phenoxy) is 2. The minimum Gasteiger partial charge on any atom is -0.497 e. The van der Waals surface area contributed by atoms with Crippen molar-refractivity contribution in [1.29, 1.82) is 0 Å². The Balaban J connectivity index is 1.63. The molecule has 6 heteroatoms. The van der Waals surface area contributed by atoms with Gasteiger partial charge in [0.05, 0.1) is 30.5 Å². The van der Waals surface area contributed by atoms with Gasteiger partial charge in [-0.25, -0.2) is 4.99 Å². The fraction of sp³-hybridized carbons (Fsp3) is 0.172. The van der Waals surface area contributed by atoms with E-state index in [4.69, 9.17) is 14.5 Å². The number of aryl methyl sites for hydroxylation is 1. The van der Waals surface area contributed by atoms with Gasteiger partial charge in [0.25, 0.3) is 5.56 Å². The fourth-order valence-electron chi connectivity index (χ4n) is 5.06. The van der Waals surface area contributed by atoms with Crippen LogP contribution < -0.4 is 24.4 Å². The van der Waals surface area contributed by atoms with Crippen LogP contribution in [-0.2, 0) is 6.42 Å². The van der Waals surface area contributed by atoms with E-state index in [1.807, 2.05) is 53.1 Å². The summed E-state index contributed by atoms with van der Waals surface area (Å²) in [7, 11) is 3.31. The second-order valence-corrected chi connectivity index (χ2v) is 9.64. The van der Waals surface area contributed by atoms with E-state index in [9.17, 15) is 4.79 Å². The Kier molecular flexibility index (Phi) is 5.38. The van der Waals surface area contributed by atoms with Crippen molar-refractivity contribution in [3.05, 3.63) is 120 Å². The molecule has 0 fully saturated rings. The van der Waals surface area contributed by atoms with Crippen molar-refractivity contribution in [3.63, 3.8) is 0 Å². The van der Waals surface area contributed by atoms with Gasteiger partial charge in [-0.15, -0.1) is 0 Å². The summed E-state index contributed by atoms with van der Waals surface area (Å²) in [6.45, 7) is 0. The Morgan fingerprint density at radius 2 is 1.80 bits per heavy atom. The molecule has 3 aromatic carbocycles. The Hall–Kier alpha value is -3.90. The van der Waals surface area contributed by atoms with Crippen LogP contribution >= 0.6 is 11.3 Å². The molecule has 0 unspecified atom stereocenters. The minimum atomic E-state index is -0.232. The van der Waals surface area contributed by atoms with Gasteiger partial charge in [-0.1, -0.05) is 65.9 Å². The van der Waals surface area contributed by atoms with E-state index >= 15 is 0 Å². The maximum absolute atomic E-state index is 13.9. The first-order valence-corrected chi connectivity index (χ1v) is 12.4. The lowest BCUT2D eigenvalue weighted by atomic mass is 9.83. The molecule has 1 aromatic heterocycles. The molecule has 0 amide bonds. The highest BCUT2D eigenvalue weighted by molar-refractivity contribution is 7.07. The van der Waals surface area contributed by atoms with Gasteiger partial charge in [-0.2, -0.15) is 0 Å². The van der Waals surface area contributed by atoms with Crippen LogP contribution in [0.4, 0.5) is 0 Å². The molecule has 0 saturated carbocycles. The number of aromatic nitrogens is 1. The summed E-state index contributed by atoms with van der Waals surface area (Å²) >= 11 is 1.42. The summed E-state index contributed by atoms with van der Waals surface area (Å²) in [4.78, 5) is 19.6. The highest BCUT2D eigenvalue weighted by atomic mass is 32.1. The van der Waals surface area contributed by atoms with E-state index < -0.39 is 0 Å². The summed E-state index contributed by atoms with van der Waals surface area (Å²) < 4.78 is 13.5. The van der Waals surface area contributed by atoms with Gasteiger partial charge in [0.1, 0.15) is 11.5 Å². The van der Waals surface area contributed by atoms with Crippen LogP contribution in [0, 0.1) is 0 Å². The molecule has 0 bridgehead atoms. The lowest BCUT2D eigenvalue weighted by molar-refractivity contribution is 0.413. The van der Waals surface area contributed by atoms with Crippen LogP contribution in [-0.4, -0.2) is 18.8 Å². The van der Waals surface area contributed by atoms with Crippen molar-refractivity contribution in [2.45, 2.75) is 18.9 Å². The molecule has 0 radical (unpaired) electrons. The largest absolute Gasteiger partial charge is 0.497 e. The number of rotatable bonds is 4. The maximum atomic E-state index is 13.9. The summed E-state index contributed by atoms with van der Waals surface area (Å²) in [6, 6.07) is 23.9.